The number of halogens is 2. The van der Waals surface area contributed by atoms with Crippen LogP contribution in [0.15, 0.2) is 42.5 Å². The first kappa shape index (κ1) is 14.3. The molecular formula is C15H13ClFNO2. The minimum Gasteiger partial charge on any atom is -0.489 e. The number of nitrogens with one attached hydrogen (secondary N) is 1. The Hall–Kier alpha value is -2.07. The molecule has 1 amide bonds. The van der Waals surface area contributed by atoms with E-state index in [0.717, 1.165) is 0 Å². The van der Waals surface area contributed by atoms with Crippen molar-refractivity contribution in [2.75, 3.05) is 7.05 Å². The van der Waals surface area contributed by atoms with Gasteiger partial charge in [0.1, 0.15) is 18.2 Å². The minimum absolute atomic E-state index is 0.00268. The number of ether oxygens (including phenoxy) is 1. The Morgan fingerprint density at radius 1 is 1.30 bits per heavy atom. The van der Waals surface area contributed by atoms with E-state index in [1.807, 2.05) is 0 Å². The molecule has 5 heteroatoms. The lowest BCUT2D eigenvalue weighted by atomic mass is 10.2. The highest BCUT2D eigenvalue weighted by atomic mass is 35.5. The van der Waals surface area contributed by atoms with Gasteiger partial charge in [-0.05, 0) is 30.3 Å². The first-order valence-corrected chi connectivity index (χ1v) is 6.37. The molecule has 0 heterocycles. The maximum atomic E-state index is 13.6. The second-order valence-electron chi connectivity index (χ2n) is 4.10. The van der Waals surface area contributed by atoms with Crippen molar-refractivity contribution >= 4 is 17.5 Å². The van der Waals surface area contributed by atoms with Crippen molar-refractivity contribution in [3.05, 3.63) is 64.4 Å². The molecule has 0 saturated heterocycles. The lowest BCUT2D eigenvalue weighted by Gasteiger charge is -2.09. The fourth-order valence-corrected chi connectivity index (χ4v) is 1.91. The summed E-state index contributed by atoms with van der Waals surface area (Å²) in [7, 11) is 1.55. The quantitative estimate of drug-likeness (QED) is 0.938. The van der Waals surface area contributed by atoms with Gasteiger partial charge in [0, 0.05) is 18.2 Å². The zero-order chi connectivity index (χ0) is 14.5. The van der Waals surface area contributed by atoms with Crippen molar-refractivity contribution in [1.29, 1.82) is 0 Å². The Balaban J connectivity index is 2.13. The van der Waals surface area contributed by atoms with Gasteiger partial charge in [-0.1, -0.05) is 23.7 Å². The van der Waals surface area contributed by atoms with Gasteiger partial charge in [0.2, 0.25) is 0 Å². The molecular weight excluding hydrogens is 281 g/mol. The third-order valence-corrected chi connectivity index (χ3v) is 3.12. The van der Waals surface area contributed by atoms with E-state index in [9.17, 15) is 9.18 Å². The molecule has 0 unspecified atom stereocenters. The highest BCUT2D eigenvalue weighted by Gasteiger charge is 2.09. The summed E-state index contributed by atoms with van der Waals surface area (Å²) in [6.45, 7) is 0.00268. The molecule has 2 aromatic rings. The molecule has 20 heavy (non-hydrogen) atoms. The van der Waals surface area contributed by atoms with Crippen LogP contribution in [-0.4, -0.2) is 13.0 Å². The highest BCUT2D eigenvalue weighted by Crippen LogP contribution is 2.22. The lowest BCUT2D eigenvalue weighted by Crippen LogP contribution is -2.17. The van der Waals surface area contributed by atoms with Gasteiger partial charge in [0.15, 0.2) is 0 Å². The first-order valence-electron chi connectivity index (χ1n) is 5.99. The molecule has 0 aliphatic rings. The van der Waals surface area contributed by atoms with E-state index in [0.29, 0.717) is 21.9 Å². The topological polar surface area (TPSA) is 38.3 Å². The monoisotopic (exact) mass is 293 g/mol. The molecule has 2 rings (SSSR count). The van der Waals surface area contributed by atoms with Crippen LogP contribution in [0, 0.1) is 5.82 Å². The number of hydrogen-bond acceptors (Lipinski definition) is 2. The van der Waals surface area contributed by atoms with Gasteiger partial charge < -0.3 is 10.1 Å². The Morgan fingerprint density at radius 2 is 2.05 bits per heavy atom. The van der Waals surface area contributed by atoms with Crippen molar-refractivity contribution in [2.24, 2.45) is 0 Å². The van der Waals surface area contributed by atoms with Crippen LogP contribution in [0.25, 0.3) is 0 Å². The van der Waals surface area contributed by atoms with Gasteiger partial charge in [0.05, 0.1) is 5.02 Å². The van der Waals surface area contributed by atoms with E-state index in [-0.39, 0.29) is 12.5 Å². The average molecular weight is 294 g/mol. The fraction of sp³-hybridized carbons (Fsp3) is 0.133. The van der Waals surface area contributed by atoms with Crippen LogP contribution in [0.3, 0.4) is 0 Å². The molecule has 0 atom stereocenters. The van der Waals surface area contributed by atoms with E-state index in [2.05, 4.69) is 5.32 Å². The van der Waals surface area contributed by atoms with E-state index in [4.69, 9.17) is 16.3 Å². The van der Waals surface area contributed by atoms with Crippen molar-refractivity contribution in [3.63, 3.8) is 0 Å². The molecule has 0 saturated carbocycles. The zero-order valence-electron chi connectivity index (χ0n) is 10.8. The zero-order valence-corrected chi connectivity index (χ0v) is 11.6. The summed E-state index contributed by atoms with van der Waals surface area (Å²) in [5.74, 6) is -0.148. The highest BCUT2D eigenvalue weighted by molar-refractivity contribution is 6.31. The number of carbonyl (C=O) groups is 1. The van der Waals surface area contributed by atoms with Crippen LogP contribution >= 0.6 is 11.6 Å². The normalized spacial score (nSPS) is 10.2. The van der Waals surface area contributed by atoms with Gasteiger partial charge in [0.25, 0.3) is 5.91 Å². The van der Waals surface area contributed by atoms with Crippen LogP contribution in [0.4, 0.5) is 4.39 Å². The maximum Gasteiger partial charge on any atom is 0.251 e. The molecule has 0 spiro atoms. The molecule has 1 N–H and O–H groups in total. The van der Waals surface area contributed by atoms with Crippen LogP contribution in [-0.2, 0) is 6.61 Å². The fourth-order valence-electron chi connectivity index (χ4n) is 1.70. The van der Waals surface area contributed by atoms with Gasteiger partial charge in [-0.25, -0.2) is 4.39 Å². The predicted octanol–water partition coefficient (Wildman–Crippen LogP) is 3.42. The molecule has 0 bridgehead atoms. The Labute approximate surface area is 121 Å². The summed E-state index contributed by atoms with van der Waals surface area (Å²) >= 11 is 5.92. The summed E-state index contributed by atoms with van der Waals surface area (Å²) in [5.41, 5.74) is 0.768. The number of benzene rings is 2. The van der Waals surface area contributed by atoms with Crippen molar-refractivity contribution in [1.82, 2.24) is 5.32 Å². The summed E-state index contributed by atoms with van der Waals surface area (Å²) in [4.78, 5) is 11.5. The minimum atomic E-state index is -0.417. The first-order chi connectivity index (χ1) is 9.61. The van der Waals surface area contributed by atoms with Crippen LogP contribution < -0.4 is 10.1 Å². The van der Waals surface area contributed by atoms with Gasteiger partial charge in [-0.15, -0.1) is 0 Å². The third-order valence-electron chi connectivity index (χ3n) is 2.77. The Kier molecular flexibility index (Phi) is 4.58. The SMILES string of the molecule is CNC(=O)c1cccc(OCc2c(F)cccc2Cl)c1. The van der Waals surface area contributed by atoms with Crippen LogP contribution in [0.2, 0.25) is 5.02 Å². The summed E-state index contributed by atoms with van der Waals surface area (Å²) in [6.07, 6.45) is 0. The van der Waals surface area contributed by atoms with Crippen LogP contribution in [0.1, 0.15) is 15.9 Å². The number of rotatable bonds is 4. The van der Waals surface area contributed by atoms with E-state index in [1.54, 1.807) is 37.4 Å². The van der Waals surface area contributed by atoms with Crippen LogP contribution in [0.5, 0.6) is 5.75 Å². The molecule has 0 aliphatic carbocycles. The lowest BCUT2D eigenvalue weighted by molar-refractivity contribution is 0.0962. The number of carbonyl (C=O) groups excluding carboxylic acids is 1. The molecule has 0 fully saturated rings. The predicted molar refractivity (Wildman–Crippen MR) is 75.6 cm³/mol. The Morgan fingerprint density at radius 3 is 2.75 bits per heavy atom. The summed E-state index contributed by atoms with van der Waals surface area (Å²) in [6, 6.07) is 11.1. The second kappa shape index (κ2) is 6.39. The van der Waals surface area contributed by atoms with E-state index in [1.165, 1.54) is 12.1 Å². The van der Waals surface area contributed by atoms with E-state index < -0.39 is 5.82 Å². The van der Waals surface area contributed by atoms with Crippen molar-refractivity contribution < 1.29 is 13.9 Å². The summed E-state index contributed by atoms with van der Waals surface area (Å²) in [5, 5.41) is 2.84. The number of amides is 1. The van der Waals surface area contributed by atoms with Crippen molar-refractivity contribution in [2.45, 2.75) is 6.61 Å². The molecule has 3 nitrogen and oxygen atoms in total. The molecule has 0 aromatic heterocycles. The Bertz CT molecular complexity index is 611. The molecule has 0 aliphatic heterocycles. The van der Waals surface area contributed by atoms with E-state index >= 15 is 0 Å². The second-order valence-corrected chi connectivity index (χ2v) is 4.50. The molecule has 104 valence electrons. The van der Waals surface area contributed by atoms with Crippen molar-refractivity contribution in [3.8, 4) is 5.75 Å². The largest absolute Gasteiger partial charge is 0.489 e. The van der Waals surface area contributed by atoms with Gasteiger partial charge in [-0.3, -0.25) is 4.79 Å². The molecule has 2 aromatic carbocycles. The smallest absolute Gasteiger partial charge is 0.251 e. The third kappa shape index (κ3) is 3.27. The van der Waals surface area contributed by atoms with Gasteiger partial charge in [-0.2, -0.15) is 0 Å². The summed E-state index contributed by atoms with van der Waals surface area (Å²) < 4.78 is 19.1. The average Bonchev–Trinajstić information content (AvgIpc) is 2.46. The maximum absolute atomic E-state index is 13.6. The standard InChI is InChI=1S/C15H13ClFNO2/c1-18-15(19)10-4-2-5-11(8-10)20-9-12-13(16)6-3-7-14(12)17/h2-8H,9H2,1H3,(H,18,19). The number of hydrogen-bond donors (Lipinski definition) is 1. The van der Waals surface area contributed by atoms with Gasteiger partial charge >= 0.3 is 0 Å². The molecule has 0 radical (unpaired) electrons.